The molecule has 0 unspecified atom stereocenters. The Balaban J connectivity index is 0.00000374. The van der Waals surface area contributed by atoms with E-state index >= 15 is 0 Å². The minimum absolute atomic E-state index is 0. The molecule has 2 N–H and O–H groups in total. The van der Waals surface area contributed by atoms with E-state index in [1.807, 2.05) is 0 Å². The second-order valence-electron chi connectivity index (χ2n) is 13.1. The van der Waals surface area contributed by atoms with E-state index in [1.54, 1.807) is 13.8 Å². The minimum Gasteiger partial charge on any atom is -0.744 e. The van der Waals surface area contributed by atoms with Gasteiger partial charge in [-0.05, 0) is 96.4 Å². The normalized spacial score (nSPS) is 11.9. The SMILES string of the molecule is COc1cc(N=Nc2ccc3cc(S(=O)(=O)[O-])cc(S(=O)(=O)[O-])c3c2)c(C)cc1NC(=O)Nc1cc(C)c(N=Nc2ccc3cc(S(=O)(=O)[O-])cc(S(=O)(=O)[O-])c3c2)cc1OC.[K+].[K+].[Li+].[Na+]. The fourth-order valence-electron chi connectivity index (χ4n) is 6.00. The van der Waals surface area contributed by atoms with Crippen LogP contribution in [0.4, 0.5) is 38.9 Å². The number of amides is 2. The summed E-state index contributed by atoms with van der Waals surface area (Å²) in [5.74, 6) is 0.292. The van der Waals surface area contributed by atoms with Crippen LogP contribution < -0.4 is 171 Å². The van der Waals surface area contributed by atoms with Crippen molar-refractivity contribution in [2.45, 2.75) is 33.4 Å². The zero-order valence-electron chi connectivity index (χ0n) is 36.1. The van der Waals surface area contributed by atoms with E-state index in [2.05, 4.69) is 31.1 Å². The molecule has 0 saturated carbocycles. The summed E-state index contributed by atoms with van der Waals surface area (Å²) in [6.07, 6.45) is 0. The number of urea groups is 1. The van der Waals surface area contributed by atoms with E-state index < -0.39 is 66.1 Å². The number of benzene rings is 6. The van der Waals surface area contributed by atoms with E-state index in [9.17, 15) is 56.7 Å². The number of nitrogens with one attached hydrogen (secondary N) is 2. The number of fused-ring (bicyclic) bond motifs is 2. The fourth-order valence-corrected chi connectivity index (χ4v) is 8.65. The Kier molecular flexibility index (Phi) is 22.0. The van der Waals surface area contributed by atoms with Crippen molar-refractivity contribution in [2.75, 3.05) is 24.9 Å². The van der Waals surface area contributed by atoms with Gasteiger partial charge in [0.2, 0.25) is 0 Å². The van der Waals surface area contributed by atoms with Crippen molar-refractivity contribution < 1.29 is 217 Å². The molecule has 0 spiro atoms. The van der Waals surface area contributed by atoms with Gasteiger partial charge in [0.25, 0.3) is 0 Å². The number of carbonyl (C=O) groups excluding carboxylic acids is 1. The predicted octanol–water partition coefficient (Wildman–Crippen LogP) is -5.27. The third kappa shape index (κ3) is 14.7. The summed E-state index contributed by atoms with van der Waals surface area (Å²) in [6, 6.07) is 15.7. The van der Waals surface area contributed by atoms with Gasteiger partial charge in [0.1, 0.15) is 52.0 Å². The smallest absolute Gasteiger partial charge is 0.744 e. The second kappa shape index (κ2) is 24.0. The number of methoxy groups -OCH3 is 2. The van der Waals surface area contributed by atoms with Crippen LogP contribution in [0.3, 0.4) is 0 Å². The van der Waals surface area contributed by atoms with E-state index in [-0.39, 0.29) is 218 Å². The number of hydrogen-bond acceptors (Lipinski definition) is 19. The number of ether oxygens (including phenoxy) is 2. The third-order valence-electron chi connectivity index (χ3n) is 8.94. The predicted molar refractivity (Wildman–Crippen MR) is 216 cm³/mol. The summed E-state index contributed by atoms with van der Waals surface area (Å²) >= 11 is 0. The molecule has 2 amide bonds. The second-order valence-corrected chi connectivity index (χ2v) is 18.6. The monoisotopic (exact) mass is 1030 g/mol. The van der Waals surface area contributed by atoms with Gasteiger partial charge in [0.15, 0.2) is 0 Å². The van der Waals surface area contributed by atoms with Crippen molar-refractivity contribution in [3.05, 3.63) is 96.1 Å². The molecule has 0 fully saturated rings. The van der Waals surface area contributed by atoms with Crippen LogP contribution >= 0.6 is 0 Å². The quantitative estimate of drug-likeness (QED) is 0.0657. The molecule has 21 nitrogen and oxygen atoms in total. The Morgan fingerprint density at radius 3 is 1.17 bits per heavy atom. The van der Waals surface area contributed by atoms with Crippen molar-refractivity contribution in [3.63, 3.8) is 0 Å². The Labute approximate surface area is 497 Å². The zero-order chi connectivity index (χ0) is 45.5. The molecule has 324 valence electrons. The van der Waals surface area contributed by atoms with Crippen LogP contribution in [-0.4, -0.2) is 72.1 Å². The third-order valence-corrected chi connectivity index (χ3v) is 12.3. The summed E-state index contributed by atoms with van der Waals surface area (Å²) < 4.78 is 152. The van der Waals surface area contributed by atoms with Crippen LogP contribution in [0.5, 0.6) is 11.5 Å². The zero-order valence-corrected chi connectivity index (χ0v) is 47.6. The Morgan fingerprint density at radius 1 is 0.515 bits per heavy atom. The molecule has 0 bridgehead atoms. The molecule has 0 aliphatic carbocycles. The van der Waals surface area contributed by atoms with Gasteiger partial charge in [0.05, 0.1) is 67.9 Å². The average molecular weight is 1030 g/mol. The molecule has 0 aromatic heterocycles. The van der Waals surface area contributed by atoms with Crippen LogP contribution in [0.1, 0.15) is 11.1 Å². The Morgan fingerprint density at radius 2 is 0.864 bits per heavy atom. The number of rotatable bonds is 12. The minimum atomic E-state index is -5.22. The molecule has 6 aromatic carbocycles. The summed E-state index contributed by atoms with van der Waals surface area (Å²) in [5, 5.41) is 21.5. The van der Waals surface area contributed by atoms with Gasteiger partial charge in [-0.15, -0.1) is 0 Å². The summed E-state index contributed by atoms with van der Waals surface area (Å²) in [4.78, 5) is 9.60. The van der Waals surface area contributed by atoms with E-state index in [0.29, 0.717) is 23.3 Å². The van der Waals surface area contributed by atoms with Crippen LogP contribution in [0, 0.1) is 13.8 Å². The van der Waals surface area contributed by atoms with Gasteiger partial charge in [0, 0.05) is 22.9 Å². The largest absolute Gasteiger partial charge is 1.00 e. The molecule has 0 atom stereocenters. The van der Waals surface area contributed by atoms with E-state index in [0.717, 1.165) is 12.1 Å². The number of anilines is 2. The van der Waals surface area contributed by atoms with Crippen LogP contribution in [0.25, 0.3) is 21.5 Å². The summed E-state index contributed by atoms with van der Waals surface area (Å²) in [7, 11) is -17.9. The maximum absolute atomic E-state index is 13.2. The fraction of sp³-hybridized carbons (Fsp3) is 0.108. The molecule has 0 aliphatic rings. The average Bonchev–Trinajstić information content (AvgIpc) is 3.17. The molecule has 0 saturated heterocycles. The van der Waals surface area contributed by atoms with E-state index in [4.69, 9.17) is 9.47 Å². The Hall–Kier alpha value is -1.58. The van der Waals surface area contributed by atoms with Crippen LogP contribution in [-0.2, 0) is 40.5 Å². The number of azo groups is 2. The van der Waals surface area contributed by atoms with Gasteiger partial charge < -0.3 is 38.3 Å². The number of nitrogens with zero attached hydrogens (tertiary/aromatic N) is 4. The topological polar surface area (TPSA) is 338 Å². The first-order chi connectivity index (χ1) is 28.8. The van der Waals surface area contributed by atoms with Gasteiger partial charge in [-0.2, -0.15) is 20.5 Å². The van der Waals surface area contributed by atoms with Crippen molar-refractivity contribution >= 4 is 102 Å². The van der Waals surface area contributed by atoms with Crippen molar-refractivity contribution in [3.8, 4) is 11.5 Å². The van der Waals surface area contributed by atoms with Crippen LogP contribution in [0.2, 0.25) is 0 Å². The first-order valence-corrected chi connectivity index (χ1v) is 22.8. The standard InChI is InChI=1S/C37H32N6O15S4.2K.Li.Na/c1-19-9-31(33(57-3)17-29(19)42-40-23-7-5-21-11-25(59(45,46)47)15-35(27(21)13-23)61(51,52)53)38-37(44)39-32-10-20(2)30(18-34(32)58-4)43-41-24-8-6-22-12-26(60(48,49)50)16-36(28(22)14-24)62(54,55)56;;;;/h5-18H,1-4H3,(H2,38,39,44)(H,45,46,47)(H,48,49,50)(H,51,52,53)(H,54,55,56);;;;/q;4*+1/p-4. The first-order valence-electron chi connectivity index (χ1n) is 17.1. The Bertz CT molecular complexity index is 3180. The molecule has 29 heteroatoms. The summed E-state index contributed by atoms with van der Waals surface area (Å²) in [5.41, 5.74) is 2.02. The van der Waals surface area contributed by atoms with Crippen molar-refractivity contribution in [1.29, 1.82) is 0 Å². The maximum Gasteiger partial charge on any atom is 1.00 e. The van der Waals surface area contributed by atoms with Gasteiger partial charge in [-0.25, -0.2) is 38.5 Å². The molecular formula is C37H28K2LiN6NaO15S4. The molecule has 66 heavy (non-hydrogen) atoms. The van der Waals surface area contributed by atoms with Crippen molar-refractivity contribution in [1.82, 2.24) is 0 Å². The van der Waals surface area contributed by atoms with Gasteiger partial charge >= 0.3 is 157 Å². The molecule has 0 aliphatic heterocycles. The van der Waals surface area contributed by atoms with Gasteiger partial charge in [-0.3, -0.25) is 0 Å². The molecule has 6 aromatic rings. The molecular weight excluding hydrogens is 1000 g/mol. The molecule has 0 radical (unpaired) electrons. The number of aryl methyl sites for hydroxylation is 2. The first kappa shape index (κ1) is 60.5. The molecule has 0 heterocycles. The van der Waals surface area contributed by atoms with E-state index in [1.165, 1.54) is 74.9 Å². The van der Waals surface area contributed by atoms with Gasteiger partial charge in [-0.1, -0.05) is 12.1 Å². The number of carbonyl (C=O) groups is 1. The van der Waals surface area contributed by atoms with Crippen molar-refractivity contribution in [2.24, 2.45) is 20.5 Å². The summed E-state index contributed by atoms with van der Waals surface area (Å²) in [6.45, 7) is 3.29. The number of hydrogen-bond donors (Lipinski definition) is 2. The van der Waals surface area contributed by atoms with Crippen LogP contribution in [0.15, 0.2) is 125 Å². The maximum atomic E-state index is 13.2. The molecule has 6 rings (SSSR count).